The van der Waals surface area contributed by atoms with Crippen molar-refractivity contribution in [3.63, 3.8) is 0 Å². The van der Waals surface area contributed by atoms with E-state index in [1.165, 1.54) is 11.3 Å². The predicted octanol–water partition coefficient (Wildman–Crippen LogP) is 6.00. The zero-order valence-corrected chi connectivity index (χ0v) is 19.1. The van der Waals surface area contributed by atoms with E-state index in [1.54, 1.807) is 22.9 Å². The number of ether oxygens (including phenoxy) is 1. The van der Waals surface area contributed by atoms with Crippen LogP contribution in [-0.4, -0.2) is 28.3 Å². The molecule has 0 aliphatic rings. The molecule has 0 radical (unpaired) electrons. The average molecular weight is 476 g/mol. The van der Waals surface area contributed by atoms with Crippen molar-refractivity contribution in [3.8, 4) is 5.69 Å². The fraction of sp³-hybridized carbons (Fsp3) is 0.0800. The summed E-state index contributed by atoms with van der Waals surface area (Å²) in [7, 11) is 0. The Balaban J connectivity index is 1.30. The molecule has 0 spiro atoms. The van der Waals surface area contributed by atoms with Gasteiger partial charge in [-0.25, -0.2) is 9.48 Å². The summed E-state index contributed by atoms with van der Waals surface area (Å²) in [6.45, 7) is 1.51. The Kier molecular flexibility index (Phi) is 5.58. The van der Waals surface area contributed by atoms with Crippen LogP contribution in [0.1, 0.15) is 15.4 Å². The standard InChI is InChI=1S/C25H18ClN3O3S/c1-15-20-13-22(33-24(20)29(28-15)18-11-9-17(26)10-12-18)25(31)32-14-23(30)27-21-8-4-6-16-5-2-3-7-19(16)21/h2-13H,14H2,1H3,(H,27,30). The summed E-state index contributed by atoms with van der Waals surface area (Å²) >= 11 is 7.26. The van der Waals surface area contributed by atoms with Crippen molar-refractivity contribution in [2.45, 2.75) is 6.92 Å². The van der Waals surface area contributed by atoms with Gasteiger partial charge in [-0.05, 0) is 48.7 Å². The smallest absolute Gasteiger partial charge is 0.348 e. The summed E-state index contributed by atoms with van der Waals surface area (Å²) in [6.07, 6.45) is 0. The molecule has 2 aromatic heterocycles. The van der Waals surface area contributed by atoms with Gasteiger partial charge >= 0.3 is 5.97 Å². The first kappa shape index (κ1) is 21.2. The number of thiophene rings is 1. The van der Waals surface area contributed by atoms with Gasteiger partial charge in [-0.15, -0.1) is 11.3 Å². The highest BCUT2D eigenvalue weighted by molar-refractivity contribution is 7.20. The topological polar surface area (TPSA) is 73.2 Å². The number of nitrogens with zero attached hydrogens (tertiary/aromatic N) is 2. The molecule has 1 N–H and O–H groups in total. The summed E-state index contributed by atoms with van der Waals surface area (Å²) in [4.78, 5) is 26.3. The fourth-order valence-electron chi connectivity index (χ4n) is 3.63. The number of rotatable bonds is 5. The number of fused-ring (bicyclic) bond motifs is 2. The summed E-state index contributed by atoms with van der Waals surface area (Å²) in [6, 6.07) is 22.5. The molecule has 6 nitrogen and oxygen atoms in total. The number of aryl methyl sites for hydroxylation is 1. The van der Waals surface area contributed by atoms with E-state index < -0.39 is 11.9 Å². The van der Waals surface area contributed by atoms with Crippen molar-refractivity contribution in [1.82, 2.24) is 9.78 Å². The van der Waals surface area contributed by atoms with E-state index in [0.29, 0.717) is 15.6 Å². The Morgan fingerprint density at radius 3 is 2.61 bits per heavy atom. The Morgan fingerprint density at radius 2 is 1.79 bits per heavy atom. The second-order valence-electron chi connectivity index (χ2n) is 7.45. The maximum absolute atomic E-state index is 12.6. The normalized spacial score (nSPS) is 11.1. The van der Waals surface area contributed by atoms with Crippen molar-refractivity contribution in [3.05, 3.63) is 88.4 Å². The van der Waals surface area contributed by atoms with Crippen molar-refractivity contribution < 1.29 is 14.3 Å². The molecular weight excluding hydrogens is 458 g/mol. The van der Waals surface area contributed by atoms with Crippen LogP contribution in [0.15, 0.2) is 72.8 Å². The number of benzene rings is 3. The van der Waals surface area contributed by atoms with Crippen LogP contribution in [0.2, 0.25) is 5.02 Å². The molecule has 5 rings (SSSR count). The highest BCUT2D eigenvalue weighted by Gasteiger charge is 2.19. The molecule has 2 heterocycles. The number of halogens is 1. The lowest BCUT2D eigenvalue weighted by molar-refractivity contribution is -0.119. The first-order valence-electron chi connectivity index (χ1n) is 10.2. The van der Waals surface area contributed by atoms with Gasteiger partial charge in [0.25, 0.3) is 5.91 Å². The summed E-state index contributed by atoms with van der Waals surface area (Å²) < 4.78 is 7.06. The van der Waals surface area contributed by atoms with Gasteiger partial charge in [0.1, 0.15) is 9.71 Å². The summed E-state index contributed by atoms with van der Waals surface area (Å²) in [5, 5.41) is 10.8. The Bertz CT molecular complexity index is 1500. The number of aromatic nitrogens is 2. The largest absolute Gasteiger partial charge is 0.451 e. The zero-order chi connectivity index (χ0) is 22.9. The molecule has 0 bridgehead atoms. The molecular formula is C25H18ClN3O3S. The number of nitrogens with one attached hydrogen (secondary N) is 1. The third kappa shape index (κ3) is 4.20. The molecule has 0 saturated heterocycles. The van der Waals surface area contributed by atoms with Crippen LogP contribution >= 0.6 is 22.9 Å². The number of hydrogen-bond acceptors (Lipinski definition) is 5. The summed E-state index contributed by atoms with van der Waals surface area (Å²) in [5.41, 5.74) is 2.31. The monoisotopic (exact) mass is 475 g/mol. The van der Waals surface area contributed by atoms with Crippen LogP contribution in [-0.2, 0) is 9.53 Å². The van der Waals surface area contributed by atoms with Crippen molar-refractivity contribution in [2.75, 3.05) is 11.9 Å². The van der Waals surface area contributed by atoms with E-state index in [1.807, 2.05) is 61.5 Å². The number of amides is 1. The van der Waals surface area contributed by atoms with Crippen molar-refractivity contribution in [1.29, 1.82) is 0 Å². The van der Waals surface area contributed by atoms with E-state index in [2.05, 4.69) is 10.4 Å². The molecule has 5 aromatic rings. The highest BCUT2D eigenvalue weighted by Crippen LogP contribution is 2.31. The van der Waals surface area contributed by atoms with Gasteiger partial charge in [0.15, 0.2) is 6.61 Å². The SMILES string of the molecule is Cc1nn(-c2ccc(Cl)cc2)c2sc(C(=O)OCC(=O)Nc3cccc4ccccc34)cc12. The van der Waals surface area contributed by atoms with E-state index in [-0.39, 0.29) is 6.61 Å². The molecule has 0 aliphatic carbocycles. The molecule has 8 heteroatoms. The number of carbonyl (C=O) groups is 2. The van der Waals surface area contributed by atoms with Crippen LogP contribution < -0.4 is 5.32 Å². The molecule has 0 unspecified atom stereocenters. The Labute approximate surface area is 198 Å². The van der Waals surface area contributed by atoms with Crippen molar-refractivity contribution in [2.24, 2.45) is 0 Å². The van der Waals surface area contributed by atoms with Gasteiger partial charge in [-0.2, -0.15) is 5.10 Å². The molecule has 0 saturated carbocycles. The molecule has 33 heavy (non-hydrogen) atoms. The van der Waals surface area contributed by atoms with E-state index >= 15 is 0 Å². The third-order valence-corrected chi connectivity index (χ3v) is 6.56. The number of esters is 1. The second-order valence-corrected chi connectivity index (χ2v) is 8.92. The van der Waals surface area contributed by atoms with Crippen LogP contribution in [0.25, 0.3) is 26.7 Å². The van der Waals surface area contributed by atoms with Crippen LogP contribution in [0, 0.1) is 6.92 Å². The molecule has 0 fully saturated rings. The lowest BCUT2D eigenvalue weighted by Gasteiger charge is -2.09. The van der Waals surface area contributed by atoms with Gasteiger partial charge < -0.3 is 10.1 Å². The van der Waals surface area contributed by atoms with E-state index in [0.717, 1.165) is 32.4 Å². The lowest BCUT2D eigenvalue weighted by Crippen LogP contribution is -2.20. The quantitative estimate of drug-likeness (QED) is 0.316. The predicted molar refractivity (Wildman–Crippen MR) is 132 cm³/mol. The lowest BCUT2D eigenvalue weighted by atomic mass is 10.1. The zero-order valence-electron chi connectivity index (χ0n) is 17.5. The molecule has 0 atom stereocenters. The first-order valence-corrected chi connectivity index (χ1v) is 11.4. The van der Waals surface area contributed by atoms with Gasteiger partial charge in [-0.1, -0.05) is 48.0 Å². The van der Waals surface area contributed by atoms with Gasteiger partial charge in [-0.3, -0.25) is 4.79 Å². The molecule has 0 aliphatic heterocycles. The van der Waals surface area contributed by atoms with Gasteiger partial charge in [0.05, 0.1) is 11.4 Å². The van der Waals surface area contributed by atoms with Crippen LogP contribution in [0.4, 0.5) is 5.69 Å². The van der Waals surface area contributed by atoms with Crippen molar-refractivity contribution >= 4 is 61.5 Å². The number of anilines is 1. The number of carbonyl (C=O) groups excluding carboxylic acids is 2. The maximum atomic E-state index is 12.6. The molecule has 3 aromatic carbocycles. The van der Waals surface area contributed by atoms with Crippen LogP contribution in [0.3, 0.4) is 0 Å². The van der Waals surface area contributed by atoms with E-state index in [4.69, 9.17) is 16.3 Å². The summed E-state index contributed by atoms with van der Waals surface area (Å²) in [5.74, 6) is -0.948. The second kappa shape index (κ2) is 8.69. The maximum Gasteiger partial charge on any atom is 0.348 e. The van der Waals surface area contributed by atoms with Gasteiger partial charge in [0.2, 0.25) is 0 Å². The minimum Gasteiger partial charge on any atom is -0.451 e. The van der Waals surface area contributed by atoms with E-state index in [9.17, 15) is 9.59 Å². The minimum atomic E-state index is -0.550. The van der Waals surface area contributed by atoms with Crippen LogP contribution in [0.5, 0.6) is 0 Å². The first-order chi connectivity index (χ1) is 16.0. The average Bonchev–Trinajstić information content (AvgIpc) is 3.39. The fourth-order valence-corrected chi connectivity index (χ4v) is 4.83. The Morgan fingerprint density at radius 1 is 1.03 bits per heavy atom. The number of hydrogen-bond donors (Lipinski definition) is 1. The highest BCUT2D eigenvalue weighted by atomic mass is 35.5. The third-order valence-electron chi connectivity index (χ3n) is 5.22. The van der Waals surface area contributed by atoms with Gasteiger partial charge in [0, 0.05) is 21.5 Å². The minimum absolute atomic E-state index is 0.376. The molecule has 1 amide bonds. The molecule has 164 valence electrons. The Hall–Kier alpha value is -3.68.